The van der Waals surface area contributed by atoms with E-state index in [0.29, 0.717) is 13.2 Å². The molecule has 0 aromatic carbocycles. The zero-order chi connectivity index (χ0) is 11.8. The maximum atomic E-state index is 5.70. The topological polar surface area (TPSA) is 31.4 Å². The zero-order valence-corrected chi connectivity index (χ0v) is 10.4. The standard InChI is InChI=1S/C13H19NO2/c1-10-5-6-11(14-7-10)13(4)8-15-12(2,3)16-9-13/h5-7H,8-9H2,1-4H3. The lowest BCUT2D eigenvalue weighted by Crippen LogP contribution is -2.47. The highest BCUT2D eigenvalue weighted by Gasteiger charge is 2.38. The van der Waals surface area contributed by atoms with Gasteiger partial charge in [-0.2, -0.15) is 0 Å². The molecule has 1 aromatic rings. The van der Waals surface area contributed by atoms with Gasteiger partial charge in [0.15, 0.2) is 5.79 Å². The third-order valence-corrected chi connectivity index (χ3v) is 3.01. The molecule has 0 N–H and O–H groups in total. The average Bonchev–Trinajstić information content (AvgIpc) is 2.24. The van der Waals surface area contributed by atoms with Crippen LogP contribution < -0.4 is 0 Å². The van der Waals surface area contributed by atoms with Crippen LogP contribution in [0.5, 0.6) is 0 Å². The number of aryl methyl sites for hydroxylation is 1. The molecule has 0 unspecified atom stereocenters. The Labute approximate surface area is 96.8 Å². The van der Waals surface area contributed by atoms with E-state index in [2.05, 4.69) is 24.0 Å². The van der Waals surface area contributed by atoms with Crippen molar-refractivity contribution < 1.29 is 9.47 Å². The third-order valence-electron chi connectivity index (χ3n) is 3.01. The van der Waals surface area contributed by atoms with E-state index in [1.165, 1.54) is 5.56 Å². The van der Waals surface area contributed by atoms with E-state index in [1.807, 2.05) is 27.0 Å². The van der Waals surface area contributed by atoms with Gasteiger partial charge in [0, 0.05) is 6.20 Å². The quantitative estimate of drug-likeness (QED) is 0.730. The van der Waals surface area contributed by atoms with Crippen LogP contribution in [0, 0.1) is 6.92 Å². The molecule has 0 bridgehead atoms. The van der Waals surface area contributed by atoms with E-state index in [1.54, 1.807) is 0 Å². The first kappa shape index (κ1) is 11.6. The Hall–Kier alpha value is -0.930. The molecule has 0 saturated carbocycles. The number of rotatable bonds is 1. The summed E-state index contributed by atoms with van der Waals surface area (Å²) >= 11 is 0. The summed E-state index contributed by atoms with van der Waals surface area (Å²) in [6.07, 6.45) is 1.89. The zero-order valence-electron chi connectivity index (χ0n) is 10.4. The summed E-state index contributed by atoms with van der Waals surface area (Å²) in [7, 11) is 0. The minimum Gasteiger partial charge on any atom is -0.349 e. The Morgan fingerprint density at radius 1 is 1.12 bits per heavy atom. The Balaban J connectivity index is 2.18. The molecule has 1 fully saturated rings. The van der Waals surface area contributed by atoms with Crippen LogP contribution in [-0.2, 0) is 14.9 Å². The first-order chi connectivity index (χ1) is 7.41. The number of nitrogens with zero attached hydrogens (tertiary/aromatic N) is 1. The summed E-state index contributed by atoms with van der Waals surface area (Å²) in [6, 6.07) is 4.13. The Bertz CT molecular complexity index is 360. The van der Waals surface area contributed by atoms with Gasteiger partial charge in [-0.15, -0.1) is 0 Å². The van der Waals surface area contributed by atoms with E-state index in [4.69, 9.17) is 9.47 Å². The van der Waals surface area contributed by atoms with Gasteiger partial charge in [0.05, 0.1) is 24.3 Å². The summed E-state index contributed by atoms with van der Waals surface area (Å²) in [6.45, 7) is 9.34. The van der Waals surface area contributed by atoms with E-state index in [0.717, 1.165) is 5.69 Å². The fraction of sp³-hybridized carbons (Fsp3) is 0.615. The molecule has 88 valence electrons. The van der Waals surface area contributed by atoms with Crippen LogP contribution >= 0.6 is 0 Å². The molecule has 3 heteroatoms. The minimum absolute atomic E-state index is 0.136. The van der Waals surface area contributed by atoms with Crippen LogP contribution in [-0.4, -0.2) is 24.0 Å². The predicted molar refractivity (Wildman–Crippen MR) is 62.3 cm³/mol. The molecule has 1 aliphatic heterocycles. The van der Waals surface area contributed by atoms with Gasteiger partial charge in [0.1, 0.15) is 0 Å². The highest BCUT2D eigenvalue weighted by molar-refractivity contribution is 5.20. The molecule has 1 aromatic heterocycles. The first-order valence-corrected chi connectivity index (χ1v) is 5.62. The van der Waals surface area contributed by atoms with Crippen LogP contribution in [0.25, 0.3) is 0 Å². The summed E-state index contributed by atoms with van der Waals surface area (Å²) in [4.78, 5) is 4.46. The van der Waals surface area contributed by atoms with E-state index < -0.39 is 5.79 Å². The fourth-order valence-electron chi connectivity index (χ4n) is 1.72. The molecule has 0 atom stereocenters. The summed E-state index contributed by atoms with van der Waals surface area (Å²) in [5.74, 6) is -0.468. The van der Waals surface area contributed by atoms with Crippen molar-refractivity contribution in [3.8, 4) is 0 Å². The molecule has 1 saturated heterocycles. The average molecular weight is 221 g/mol. The Morgan fingerprint density at radius 3 is 2.25 bits per heavy atom. The molecule has 2 rings (SSSR count). The van der Waals surface area contributed by atoms with Gasteiger partial charge in [0.2, 0.25) is 0 Å². The van der Waals surface area contributed by atoms with Crippen LogP contribution in [0.4, 0.5) is 0 Å². The van der Waals surface area contributed by atoms with Gasteiger partial charge >= 0.3 is 0 Å². The van der Waals surface area contributed by atoms with Crippen LogP contribution in [0.2, 0.25) is 0 Å². The van der Waals surface area contributed by atoms with Crippen molar-refractivity contribution in [1.82, 2.24) is 4.98 Å². The maximum absolute atomic E-state index is 5.70. The van der Waals surface area contributed by atoms with E-state index >= 15 is 0 Å². The highest BCUT2D eigenvalue weighted by Crippen LogP contribution is 2.31. The number of hydrogen-bond donors (Lipinski definition) is 0. The van der Waals surface area contributed by atoms with Crippen molar-refractivity contribution >= 4 is 0 Å². The maximum Gasteiger partial charge on any atom is 0.162 e. The molecule has 0 radical (unpaired) electrons. The van der Waals surface area contributed by atoms with Crippen LogP contribution in [0.1, 0.15) is 32.0 Å². The van der Waals surface area contributed by atoms with Crippen molar-refractivity contribution in [1.29, 1.82) is 0 Å². The van der Waals surface area contributed by atoms with Gasteiger partial charge in [-0.25, -0.2) is 0 Å². The lowest BCUT2D eigenvalue weighted by Gasteiger charge is -2.41. The summed E-state index contributed by atoms with van der Waals surface area (Å²) in [5, 5.41) is 0. The van der Waals surface area contributed by atoms with Crippen molar-refractivity contribution in [3.05, 3.63) is 29.6 Å². The molecular weight excluding hydrogens is 202 g/mol. The molecule has 16 heavy (non-hydrogen) atoms. The second-order valence-electron chi connectivity index (χ2n) is 5.26. The lowest BCUT2D eigenvalue weighted by molar-refractivity contribution is -0.267. The van der Waals surface area contributed by atoms with Gasteiger partial charge in [-0.3, -0.25) is 4.98 Å². The van der Waals surface area contributed by atoms with Gasteiger partial charge in [-0.1, -0.05) is 6.07 Å². The molecule has 1 aliphatic rings. The van der Waals surface area contributed by atoms with Crippen LogP contribution in [0.3, 0.4) is 0 Å². The second-order valence-corrected chi connectivity index (χ2v) is 5.26. The molecule has 0 amide bonds. The molecular formula is C13H19NO2. The smallest absolute Gasteiger partial charge is 0.162 e. The molecule has 0 aliphatic carbocycles. The van der Waals surface area contributed by atoms with Crippen LogP contribution in [0.15, 0.2) is 18.3 Å². The Morgan fingerprint density at radius 2 is 1.75 bits per heavy atom. The SMILES string of the molecule is Cc1ccc(C2(C)COC(C)(C)OC2)nc1. The second kappa shape index (κ2) is 3.82. The largest absolute Gasteiger partial charge is 0.349 e. The van der Waals surface area contributed by atoms with Gasteiger partial charge < -0.3 is 9.47 Å². The monoisotopic (exact) mass is 221 g/mol. The van der Waals surface area contributed by atoms with Gasteiger partial charge in [0.25, 0.3) is 0 Å². The fourth-order valence-corrected chi connectivity index (χ4v) is 1.72. The predicted octanol–water partition coefficient (Wildman–Crippen LogP) is 2.43. The number of aromatic nitrogens is 1. The first-order valence-electron chi connectivity index (χ1n) is 5.62. The highest BCUT2D eigenvalue weighted by atomic mass is 16.7. The normalized spacial score (nSPS) is 23.0. The van der Waals surface area contributed by atoms with Crippen molar-refractivity contribution in [2.75, 3.05) is 13.2 Å². The van der Waals surface area contributed by atoms with E-state index in [-0.39, 0.29) is 5.41 Å². The number of ether oxygens (including phenoxy) is 2. The molecule has 2 heterocycles. The Kier molecular flexibility index (Phi) is 2.76. The summed E-state index contributed by atoms with van der Waals surface area (Å²) < 4.78 is 11.4. The number of pyridine rings is 1. The van der Waals surface area contributed by atoms with Gasteiger partial charge in [-0.05, 0) is 39.3 Å². The molecule has 3 nitrogen and oxygen atoms in total. The minimum atomic E-state index is -0.468. The third kappa shape index (κ3) is 2.25. The molecule has 0 spiro atoms. The summed E-state index contributed by atoms with van der Waals surface area (Å²) in [5.41, 5.74) is 2.07. The lowest BCUT2D eigenvalue weighted by atomic mass is 9.87. The van der Waals surface area contributed by atoms with Crippen molar-refractivity contribution in [3.63, 3.8) is 0 Å². The van der Waals surface area contributed by atoms with Crippen molar-refractivity contribution in [2.24, 2.45) is 0 Å². The van der Waals surface area contributed by atoms with Crippen molar-refractivity contribution in [2.45, 2.75) is 38.9 Å². The van der Waals surface area contributed by atoms with E-state index in [9.17, 15) is 0 Å². The number of hydrogen-bond acceptors (Lipinski definition) is 3.